The smallest absolute Gasteiger partial charge is 0.0591 e. The van der Waals surface area contributed by atoms with E-state index in [2.05, 4.69) is 59.7 Å². The van der Waals surface area contributed by atoms with E-state index in [1.807, 2.05) is 19.3 Å². The lowest BCUT2D eigenvalue weighted by atomic mass is 10.1. The predicted molar refractivity (Wildman–Crippen MR) is 82.6 cm³/mol. The Hall–Kier alpha value is -2.23. The lowest BCUT2D eigenvalue weighted by Crippen LogP contribution is -2.10. The zero-order valence-corrected chi connectivity index (χ0v) is 11.9. The van der Waals surface area contributed by atoms with Crippen molar-refractivity contribution in [1.29, 1.82) is 0 Å². The van der Waals surface area contributed by atoms with Crippen LogP contribution in [0.3, 0.4) is 0 Å². The van der Waals surface area contributed by atoms with Crippen LogP contribution in [0, 0.1) is 6.92 Å². The van der Waals surface area contributed by atoms with E-state index in [-0.39, 0.29) is 0 Å². The van der Waals surface area contributed by atoms with E-state index in [4.69, 9.17) is 0 Å². The fourth-order valence-electron chi connectivity index (χ4n) is 1.98. The molecule has 0 aliphatic heterocycles. The molecule has 100 valence electrons. The third-order valence-electron chi connectivity index (χ3n) is 3.01. The summed E-state index contributed by atoms with van der Waals surface area (Å²) in [6, 6.07) is 8.37. The van der Waals surface area contributed by atoms with Crippen LogP contribution in [0.4, 0.5) is 22.7 Å². The number of pyridine rings is 1. The molecule has 19 heavy (non-hydrogen) atoms. The van der Waals surface area contributed by atoms with Crippen molar-refractivity contribution in [2.24, 2.45) is 0 Å². The van der Waals surface area contributed by atoms with Gasteiger partial charge >= 0.3 is 0 Å². The molecule has 4 heteroatoms. The molecule has 1 aromatic heterocycles. The van der Waals surface area contributed by atoms with Crippen LogP contribution >= 0.6 is 0 Å². The number of benzene rings is 1. The van der Waals surface area contributed by atoms with E-state index in [0.717, 1.165) is 17.1 Å². The van der Waals surface area contributed by atoms with Crippen molar-refractivity contribution in [1.82, 2.24) is 4.98 Å². The van der Waals surface area contributed by atoms with Crippen LogP contribution in [0.15, 0.2) is 36.7 Å². The molecule has 0 aliphatic rings. The van der Waals surface area contributed by atoms with E-state index < -0.39 is 0 Å². The third-order valence-corrected chi connectivity index (χ3v) is 3.01. The summed E-state index contributed by atoms with van der Waals surface area (Å²) >= 11 is 0. The van der Waals surface area contributed by atoms with Gasteiger partial charge in [0.2, 0.25) is 0 Å². The van der Waals surface area contributed by atoms with Crippen LogP contribution in [0.5, 0.6) is 0 Å². The van der Waals surface area contributed by atoms with Gasteiger partial charge in [-0.3, -0.25) is 4.98 Å². The number of nitrogens with zero attached hydrogens (tertiary/aromatic N) is 2. The van der Waals surface area contributed by atoms with Gasteiger partial charge in [0.05, 0.1) is 23.8 Å². The Balaban J connectivity index is 2.25. The van der Waals surface area contributed by atoms with Gasteiger partial charge < -0.3 is 15.5 Å². The van der Waals surface area contributed by atoms with Crippen molar-refractivity contribution < 1.29 is 0 Å². The second kappa shape index (κ2) is 5.61. The Morgan fingerprint density at radius 3 is 2.42 bits per heavy atom. The van der Waals surface area contributed by atoms with Crippen molar-refractivity contribution in [2.45, 2.75) is 6.92 Å². The molecule has 0 atom stereocenters. The fourth-order valence-corrected chi connectivity index (χ4v) is 1.98. The van der Waals surface area contributed by atoms with Crippen molar-refractivity contribution >= 4 is 22.7 Å². The summed E-state index contributed by atoms with van der Waals surface area (Å²) in [5, 5.41) is 6.45. The summed E-state index contributed by atoms with van der Waals surface area (Å²) in [5.41, 5.74) is 5.50. The lowest BCUT2D eigenvalue weighted by Gasteiger charge is -2.17. The quantitative estimate of drug-likeness (QED) is 0.881. The molecular formula is C15H20N4. The van der Waals surface area contributed by atoms with Gasteiger partial charge in [0.15, 0.2) is 0 Å². The number of nitrogens with one attached hydrogen (secondary N) is 2. The minimum absolute atomic E-state index is 0.973. The van der Waals surface area contributed by atoms with Gasteiger partial charge in [-0.25, -0.2) is 0 Å². The molecule has 2 N–H and O–H groups in total. The average molecular weight is 256 g/mol. The minimum Gasteiger partial charge on any atom is -0.387 e. The number of aryl methyl sites for hydroxylation is 1. The average Bonchev–Trinajstić information content (AvgIpc) is 2.41. The zero-order valence-electron chi connectivity index (χ0n) is 11.9. The summed E-state index contributed by atoms with van der Waals surface area (Å²) in [6.07, 6.45) is 3.61. The molecule has 0 spiro atoms. The number of rotatable bonds is 4. The highest BCUT2D eigenvalue weighted by molar-refractivity contribution is 5.68. The van der Waals surface area contributed by atoms with E-state index in [1.54, 1.807) is 6.20 Å². The van der Waals surface area contributed by atoms with Crippen LogP contribution in [-0.4, -0.2) is 26.1 Å². The lowest BCUT2D eigenvalue weighted by molar-refractivity contribution is 1.11. The molecule has 4 nitrogen and oxygen atoms in total. The highest BCUT2D eigenvalue weighted by Gasteiger charge is 2.03. The molecule has 1 heterocycles. The molecule has 0 bridgehead atoms. The largest absolute Gasteiger partial charge is 0.387 e. The Labute approximate surface area is 114 Å². The van der Waals surface area contributed by atoms with Gasteiger partial charge in [0.1, 0.15) is 0 Å². The Morgan fingerprint density at radius 2 is 1.74 bits per heavy atom. The molecule has 0 unspecified atom stereocenters. The van der Waals surface area contributed by atoms with Crippen LogP contribution < -0.4 is 15.5 Å². The van der Waals surface area contributed by atoms with Crippen LogP contribution in [0.1, 0.15) is 5.56 Å². The summed E-state index contributed by atoms with van der Waals surface area (Å²) < 4.78 is 0. The molecule has 0 saturated carbocycles. The zero-order chi connectivity index (χ0) is 13.8. The Morgan fingerprint density at radius 1 is 1.00 bits per heavy atom. The number of aromatic nitrogens is 1. The molecular weight excluding hydrogens is 236 g/mol. The molecule has 0 radical (unpaired) electrons. The second-order valence-electron chi connectivity index (χ2n) is 4.73. The first kappa shape index (κ1) is 13.2. The van der Waals surface area contributed by atoms with E-state index >= 15 is 0 Å². The third kappa shape index (κ3) is 3.16. The first-order valence-electron chi connectivity index (χ1n) is 6.28. The van der Waals surface area contributed by atoms with E-state index in [0.29, 0.717) is 0 Å². The number of hydrogen-bond acceptors (Lipinski definition) is 4. The van der Waals surface area contributed by atoms with Gasteiger partial charge in [-0.2, -0.15) is 0 Å². The monoisotopic (exact) mass is 256 g/mol. The molecule has 0 amide bonds. The van der Waals surface area contributed by atoms with Gasteiger partial charge in [-0.1, -0.05) is 6.07 Å². The minimum atomic E-state index is 0.973. The topological polar surface area (TPSA) is 40.2 Å². The molecule has 0 saturated heterocycles. The van der Waals surface area contributed by atoms with Crippen molar-refractivity contribution in [3.8, 4) is 0 Å². The first-order valence-corrected chi connectivity index (χ1v) is 6.28. The fraction of sp³-hybridized carbons (Fsp3) is 0.267. The second-order valence-corrected chi connectivity index (χ2v) is 4.73. The SMILES string of the molecule is CNc1cncc(Nc2ccc(C)c(N(C)C)c2)c1. The van der Waals surface area contributed by atoms with Crippen LogP contribution in [-0.2, 0) is 0 Å². The Bertz CT molecular complexity index is 564. The van der Waals surface area contributed by atoms with Gasteiger partial charge in [0, 0.05) is 32.5 Å². The predicted octanol–water partition coefficient (Wildman–Crippen LogP) is 3.24. The van der Waals surface area contributed by atoms with E-state index in [9.17, 15) is 0 Å². The molecule has 2 rings (SSSR count). The standard InChI is InChI=1S/C15H20N4/c1-11-5-6-12(8-15(11)19(3)4)18-14-7-13(16-2)9-17-10-14/h5-10,16,18H,1-4H3. The summed E-state index contributed by atoms with van der Waals surface area (Å²) in [4.78, 5) is 6.31. The maximum Gasteiger partial charge on any atom is 0.0591 e. The highest BCUT2D eigenvalue weighted by Crippen LogP contribution is 2.25. The number of hydrogen-bond donors (Lipinski definition) is 2. The van der Waals surface area contributed by atoms with Gasteiger partial charge in [-0.15, -0.1) is 0 Å². The molecule has 1 aromatic carbocycles. The molecule has 0 aliphatic carbocycles. The van der Waals surface area contributed by atoms with Crippen LogP contribution in [0.25, 0.3) is 0 Å². The van der Waals surface area contributed by atoms with E-state index in [1.165, 1.54) is 11.3 Å². The maximum absolute atomic E-state index is 4.19. The van der Waals surface area contributed by atoms with Gasteiger partial charge in [0.25, 0.3) is 0 Å². The summed E-state index contributed by atoms with van der Waals surface area (Å²) in [6.45, 7) is 2.11. The van der Waals surface area contributed by atoms with Crippen molar-refractivity contribution in [3.05, 3.63) is 42.2 Å². The van der Waals surface area contributed by atoms with Crippen molar-refractivity contribution in [3.63, 3.8) is 0 Å². The first-order chi connectivity index (χ1) is 9.10. The summed E-state index contributed by atoms with van der Waals surface area (Å²) in [7, 11) is 5.99. The number of anilines is 4. The van der Waals surface area contributed by atoms with Crippen molar-refractivity contribution in [2.75, 3.05) is 36.7 Å². The normalized spacial score (nSPS) is 10.1. The molecule has 2 aromatic rings. The highest BCUT2D eigenvalue weighted by atomic mass is 15.1. The summed E-state index contributed by atoms with van der Waals surface area (Å²) in [5.74, 6) is 0. The van der Waals surface area contributed by atoms with Crippen LogP contribution in [0.2, 0.25) is 0 Å². The molecule has 0 fully saturated rings. The maximum atomic E-state index is 4.19. The van der Waals surface area contributed by atoms with Gasteiger partial charge in [-0.05, 0) is 30.7 Å². The Kier molecular flexibility index (Phi) is 3.90.